The average Bonchev–Trinajstić information content (AvgIpc) is 2.65. The summed E-state index contributed by atoms with van der Waals surface area (Å²) in [6.07, 6.45) is 0.608. The molecule has 1 aromatic carbocycles. The Kier molecular flexibility index (Phi) is 7.36. The van der Waals surface area contributed by atoms with Crippen LogP contribution in [0.1, 0.15) is 6.92 Å². The molecular formula is C17H24ClN3O6S. The van der Waals surface area contributed by atoms with Crippen molar-refractivity contribution in [2.75, 3.05) is 57.0 Å². The van der Waals surface area contributed by atoms with Gasteiger partial charge in [-0.15, -0.1) is 0 Å². The number of halogens is 1. The first-order chi connectivity index (χ1) is 13.2. The van der Waals surface area contributed by atoms with Gasteiger partial charge in [-0.05, 0) is 25.1 Å². The van der Waals surface area contributed by atoms with Crippen LogP contribution >= 0.6 is 11.6 Å². The van der Waals surface area contributed by atoms with E-state index in [4.69, 9.17) is 21.1 Å². The molecule has 11 heteroatoms. The fraction of sp³-hybridized carbons (Fsp3) is 0.529. The molecule has 1 saturated heterocycles. The number of rotatable bonds is 6. The van der Waals surface area contributed by atoms with Crippen molar-refractivity contribution in [1.29, 1.82) is 0 Å². The van der Waals surface area contributed by atoms with Gasteiger partial charge in [0.05, 0.1) is 30.7 Å². The normalized spacial score (nSPS) is 14.6. The maximum absolute atomic E-state index is 12.7. The zero-order chi connectivity index (χ0) is 20.9. The Morgan fingerprint density at radius 2 is 1.79 bits per heavy atom. The van der Waals surface area contributed by atoms with Crippen molar-refractivity contribution in [1.82, 2.24) is 9.80 Å². The topological polar surface area (TPSA) is 96.5 Å². The van der Waals surface area contributed by atoms with Crippen LogP contribution in [0.4, 0.5) is 10.5 Å². The van der Waals surface area contributed by atoms with E-state index in [0.717, 1.165) is 10.6 Å². The highest BCUT2D eigenvalue weighted by molar-refractivity contribution is 7.92. The van der Waals surface area contributed by atoms with Crippen molar-refractivity contribution in [2.24, 2.45) is 0 Å². The molecule has 0 spiro atoms. The number of carbonyl (C=O) groups is 2. The molecule has 2 amide bonds. The molecule has 28 heavy (non-hydrogen) atoms. The number of piperazine rings is 1. The Hall–Kier alpha value is -2.20. The Morgan fingerprint density at radius 1 is 1.18 bits per heavy atom. The molecule has 1 fully saturated rings. The molecule has 1 heterocycles. The van der Waals surface area contributed by atoms with Gasteiger partial charge < -0.3 is 19.3 Å². The van der Waals surface area contributed by atoms with Crippen LogP contribution < -0.4 is 9.04 Å². The molecule has 2 rings (SSSR count). The van der Waals surface area contributed by atoms with E-state index in [2.05, 4.69) is 0 Å². The van der Waals surface area contributed by atoms with Crippen molar-refractivity contribution in [3.05, 3.63) is 23.2 Å². The molecule has 156 valence electrons. The predicted molar refractivity (Wildman–Crippen MR) is 105 cm³/mol. The van der Waals surface area contributed by atoms with E-state index in [1.165, 1.54) is 29.0 Å². The van der Waals surface area contributed by atoms with Crippen molar-refractivity contribution in [3.63, 3.8) is 0 Å². The van der Waals surface area contributed by atoms with Gasteiger partial charge in [0.2, 0.25) is 15.9 Å². The number of carbonyl (C=O) groups excluding carboxylic acids is 2. The van der Waals surface area contributed by atoms with Crippen molar-refractivity contribution < 1.29 is 27.5 Å². The predicted octanol–water partition coefficient (Wildman–Crippen LogP) is 1.42. The van der Waals surface area contributed by atoms with E-state index >= 15 is 0 Å². The molecule has 0 radical (unpaired) electrons. The van der Waals surface area contributed by atoms with E-state index in [0.29, 0.717) is 31.9 Å². The van der Waals surface area contributed by atoms with Gasteiger partial charge in [-0.2, -0.15) is 0 Å². The van der Waals surface area contributed by atoms with E-state index in [1.54, 1.807) is 13.0 Å². The first-order valence-corrected chi connectivity index (χ1v) is 10.9. The standard InChI is InChI=1S/C17H24ClN3O6S/c1-4-27-17(23)20-9-7-19(8-10-20)16(22)12-21(28(3,24)25)13-5-6-15(26-2)14(18)11-13/h5-6,11H,4,7-10,12H2,1-3H3. The summed E-state index contributed by atoms with van der Waals surface area (Å²) in [6, 6.07) is 4.50. The molecule has 0 aliphatic carbocycles. The van der Waals surface area contributed by atoms with Crippen molar-refractivity contribution >= 4 is 39.3 Å². The third kappa shape index (κ3) is 5.41. The summed E-state index contributed by atoms with van der Waals surface area (Å²) in [5.41, 5.74) is 0.270. The van der Waals surface area contributed by atoms with Gasteiger partial charge in [0.25, 0.3) is 0 Å². The summed E-state index contributed by atoms with van der Waals surface area (Å²) >= 11 is 6.09. The zero-order valence-corrected chi connectivity index (χ0v) is 17.6. The van der Waals surface area contributed by atoms with E-state index in [9.17, 15) is 18.0 Å². The lowest BCUT2D eigenvalue weighted by molar-refractivity contribution is -0.131. The number of sulfonamides is 1. The second-order valence-corrected chi connectivity index (χ2v) is 8.47. The quantitative estimate of drug-likeness (QED) is 0.673. The molecule has 0 bridgehead atoms. The highest BCUT2D eigenvalue weighted by Gasteiger charge is 2.28. The molecule has 0 unspecified atom stereocenters. The maximum atomic E-state index is 12.7. The lowest BCUT2D eigenvalue weighted by atomic mass is 10.3. The third-order valence-electron chi connectivity index (χ3n) is 4.26. The Morgan fingerprint density at radius 3 is 2.29 bits per heavy atom. The SMILES string of the molecule is CCOC(=O)N1CCN(C(=O)CN(c2ccc(OC)c(Cl)c2)S(C)(=O)=O)CC1. The Balaban J connectivity index is 2.09. The van der Waals surface area contributed by atoms with Crippen molar-refractivity contribution in [2.45, 2.75) is 6.92 Å². The van der Waals surface area contributed by atoms with Gasteiger partial charge in [-0.25, -0.2) is 13.2 Å². The fourth-order valence-corrected chi connectivity index (χ4v) is 3.88. The molecule has 0 saturated carbocycles. The van der Waals surface area contributed by atoms with E-state index < -0.39 is 16.1 Å². The van der Waals surface area contributed by atoms with E-state index in [-0.39, 0.29) is 29.8 Å². The second-order valence-electron chi connectivity index (χ2n) is 6.16. The molecule has 0 aromatic heterocycles. The third-order valence-corrected chi connectivity index (χ3v) is 5.70. The average molecular weight is 434 g/mol. The van der Waals surface area contributed by atoms with Crippen LogP contribution in [-0.2, 0) is 19.6 Å². The highest BCUT2D eigenvalue weighted by atomic mass is 35.5. The largest absolute Gasteiger partial charge is 0.495 e. The minimum atomic E-state index is -3.72. The van der Waals surface area contributed by atoms with Crippen LogP contribution in [0.3, 0.4) is 0 Å². The van der Waals surface area contributed by atoms with Gasteiger partial charge in [0, 0.05) is 26.2 Å². The molecule has 1 aliphatic rings. The molecule has 1 aliphatic heterocycles. The number of hydrogen-bond acceptors (Lipinski definition) is 6. The second kappa shape index (κ2) is 9.33. The van der Waals surface area contributed by atoms with Crippen LogP contribution in [0.2, 0.25) is 5.02 Å². The molecule has 0 N–H and O–H groups in total. The lowest BCUT2D eigenvalue weighted by Crippen LogP contribution is -2.53. The van der Waals surface area contributed by atoms with Gasteiger partial charge in [-0.1, -0.05) is 11.6 Å². The number of nitrogens with zero attached hydrogens (tertiary/aromatic N) is 3. The molecule has 1 aromatic rings. The Labute approximate surface area is 169 Å². The van der Waals surface area contributed by atoms with Gasteiger partial charge in [-0.3, -0.25) is 9.10 Å². The number of methoxy groups -OCH3 is 1. The van der Waals surface area contributed by atoms with Crippen LogP contribution in [0.25, 0.3) is 0 Å². The first kappa shape index (κ1) is 22.1. The number of benzene rings is 1. The summed E-state index contributed by atoms with van der Waals surface area (Å²) in [5.74, 6) is 0.0427. The number of hydrogen-bond donors (Lipinski definition) is 0. The van der Waals surface area contributed by atoms with Crippen LogP contribution in [0, 0.1) is 0 Å². The summed E-state index contributed by atoms with van der Waals surface area (Å²) in [7, 11) is -2.26. The summed E-state index contributed by atoms with van der Waals surface area (Å²) < 4.78 is 35.5. The van der Waals surface area contributed by atoms with Gasteiger partial charge in [0.1, 0.15) is 12.3 Å². The zero-order valence-electron chi connectivity index (χ0n) is 16.1. The van der Waals surface area contributed by atoms with Crippen LogP contribution in [0.15, 0.2) is 18.2 Å². The van der Waals surface area contributed by atoms with Crippen LogP contribution in [-0.4, -0.2) is 82.9 Å². The fourth-order valence-electron chi connectivity index (χ4n) is 2.79. The molecular weight excluding hydrogens is 410 g/mol. The smallest absolute Gasteiger partial charge is 0.409 e. The maximum Gasteiger partial charge on any atom is 0.409 e. The first-order valence-electron chi connectivity index (χ1n) is 8.68. The Bertz CT molecular complexity index is 824. The van der Waals surface area contributed by atoms with Gasteiger partial charge >= 0.3 is 6.09 Å². The van der Waals surface area contributed by atoms with E-state index in [1.807, 2.05) is 0 Å². The summed E-state index contributed by atoms with van der Waals surface area (Å²) in [6.45, 7) is 2.92. The highest BCUT2D eigenvalue weighted by Crippen LogP contribution is 2.30. The number of amides is 2. The molecule has 9 nitrogen and oxygen atoms in total. The van der Waals surface area contributed by atoms with Crippen molar-refractivity contribution in [3.8, 4) is 5.75 Å². The summed E-state index contributed by atoms with van der Waals surface area (Å²) in [5, 5.41) is 0.240. The number of ether oxygens (including phenoxy) is 2. The minimum Gasteiger partial charge on any atom is -0.495 e. The minimum absolute atomic E-state index is 0.240. The van der Waals surface area contributed by atoms with Gasteiger partial charge in [0.15, 0.2) is 0 Å². The monoisotopic (exact) mass is 433 g/mol. The lowest BCUT2D eigenvalue weighted by Gasteiger charge is -2.35. The summed E-state index contributed by atoms with van der Waals surface area (Å²) in [4.78, 5) is 27.5. The molecule has 0 atom stereocenters. The number of anilines is 1. The van der Waals surface area contributed by atoms with Crippen LogP contribution in [0.5, 0.6) is 5.75 Å².